The first-order valence-corrected chi connectivity index (χ1v) is 6.67. The van der Waals surface area contributed by atoms with E-state index in [2.05, 4.69) is 22.1 Å². The Morgan fingerprint density at radius 1 is 1.47 bits per heavy atom. The first-order chi connectivity index (χ1) is 8.33. The molecule has 2 heterocycles. The lowest BCUT2D eigenvalue weighted by Gasteiger charge is -2.17. The highest BCUT2D eigenvalue weighted by atomic mass is 16.4. The standard InChI is InChI=1S/C13H23N3O/c1-3-11-5-4-7-16(8-6-11)13-15-12(9-14-2)10-17-13/h10-11,14H,3-9H2,1-2H3. The van der Waals surface area contributed by atoms with Crippen LogP contribution in [0.25, 0.3) is 0 Å². The number of rotatable bonds is 4. The normalized spacial score (nSPS) is 21.5. The molecule has 1 aliphatic rings. The molecule has 0 amide bonds. The predicted octanol–water partition coefficient (Wildman–Crippen LogP) is 2.41. The molecule has 4 heteroatoms. The number of hydrogen-bond donors (Lipinski definition) is 1. The summed E-state index contributed by atoms with van der Waals surface area (Å²) in [5.74, 6) is 0.881. The molecule has 1 aromatic heterocycles. The van der Waals surface area contributed by atoms with E-state index in [1.165, 1.54) is 25.7 Å². The number of aromatic nitrogens is 1. The van der Waals surface area contributed by atoms with E-state index in [9.17, 15) is 0 Å². The van der Waals surface area contributed by atoms with Crippen LogP contribution < -0.4 is 10.2 Å². The molecule has 96 valence electrons. The second kappa shape index (κ2) is 6.05. The van der Waals surface area contributed by atoms with Crippen molar-refractivity contribution in [3.05, 3.63) is 12.0 Å². The molecule has 2 rings (SSSR count). The van der Waals surface area contributed by atoms with Crippen LogP contribution in [0.2, 0.25) is 0 Å². The number of nitrogens with zero attached hydrogens (tertiary/aromatic N) is 2. The average molecular weight is 237 g/mol. The minimum absolute atomic E-state index is 0.773. The van der Waals surface area contributed by atoms with Crippen molar-refractivity contribution in [2.45, 2.75) is 39.2 Å². The zero-order chi connectivity index (χ0) is 12.1. The van der Waals surface area contributed by atoms with Gasteiger partial charge in [0, 0.05) is 19.6 Å². The average Bonchev–Trinajstić information content (AvgIpc) is 2.67. The molecule has 0 bridgehead atoms. The Morgan fingerprint density at radius 2 is 2.35 bits per heavy atom. The zero-order valence-corrected chi connectivity index (χ0v) is 10.9. The van der Waals surface area contributed by atoms with Crippen molar-refractivity contribution in [1.29, 1.82) is 0 Å². The van der Waals surface area contributed by atoms with Crippen LogP contribution in [-0.2, 0) is 6.54 Å². The van der Waals surface area contributed by atoms with Gasteiger partial charge in [0.1, 0.15) is 6.26 Å². The van der Waals surface area contributed by atoms with Crippen LogP contribution in [0.1, 0.15) is 38.3 Å². The van der Waals surface area contributed by atoms with Crippen LogP contribution in [0.5, 0.6) is 0 Å². The Balaban J connectivity index is 1.96. The third kappa shape index (κ3) is 3.22. The van der Waals surface area contributed by atoms with Crippen molar-refractivity contribution < 1.29 is 4.42 Å². The Bertz CT molecular complexity index is 337. The summed E-state index contributed by atoms with van der Waals surface area (Å²) in [5, 5.41) is 3.09. The second-order valence-corrected chi connectivity index (χ2v) is 4.84. The molecular formula is C13H23N3O. The second-order valence-electron chi connectivity index (χ2n) is 4.84. The van der Waals surface area contributed by atoms with Crippen LogP contribution in [0.3, 0.4) is 0 Å². The quantitative estimate of drug-likeness (QED) is 0.873. The third-order valence-electron chi connectivity index (χ3n) is 3.59. The molecule has 1 unspecified atom stereocenters. The molecule has 1 aromatic rings. The molecule has 0 radical (unpaired) electrons. The highest BCUT2D eigenvalue weighted by Crippen LogP contribution is 2.23. The summed E-state index contributed by atoms with van der Waals surface area (Å²) in [6, 6.07) is 0.798. The molecule has 0 saturated carbocycles. The van der Waals surface area contributed by atoms with Gasteiger partial charge in [-0.3, -0.25) is 0 Å². The summed E-state index contributed by atoms with van der Waals surface area (Å²) >= 11 is 0. The van der Waals surface area contributed by atoms with E-state index in [0.29, 0.717) is 0 Å². The number of anilines is 1. The van der Waals surface area contributed by atoms with Crippen LogP contribution in [0, 0.1) is 5.92 Å². The van der Waals surface area contributed by atoms with E-state index in [-0.39, 0.29) is 0 Å². The van der Waals surface area contributed by atoms with Gasteiger partial charge < -0.3 is 14.6 Å². The zero-order valence-electron chi connectivity index (χ0n) is 10.9. The lowest BCUT2D eigenvalue weighted by Crippen LogP contribution is -2.24. The maximum absolute atomic E-state index is 5.56. The molecule has 1 aliphatic heterocycles. The van der Waals surface area contributed by atoms with Gasteiger partial charge in [0.15, 0.2) is 0 Å². The minimum atomic E-state index is 0.773. The van der Waals surface area contributed by atoms with E-state index in [1.54, 1.807) is 6.26 Å². The SMILES string of the molecule is CCC1CCCN(c2nc(CNC)co2)CC1. The Hall–Kier alpha value is -1.03. The van der Waals surface area contributed by atoms with Gasteiger partial charge in [-0.15, -0.1) is 0 Å². The summed E-state index contributed by atoms with van der Waals surface area (Å²) in [4.78, 5) is 6.80. The van der Waals surface area contributed by atoms with E-state index in [1.807, 2.05) is 7.05 Å². The maximum Gasteiger partial charge on any atom is 0.297 e. The molecular weight excluding hydrogens is 214 g/mol. The molecule has 1 saturated heterocycles. The largest absolute Gasteiger partial charge is 0.432 e. The molecule has 1 fully saturated rings. The van der Waals surface area contributed by atoms with E-state index < -0.39 is 0 Å². The maximum atomic E-state index is 5.56. The lowest BCUT2D eigenvalue weighted by atomic mass is 9.98. The summed E-state index contributed by atoms with van der Waals surface area (Å²) < 4.78 is 5.56. The molecule has 4 nitrogen and oxygen atoms in total. The van der Waals surface area contributed by atoms with Gasteiger partial charge >= 0.3 is 0 Å². The number of hydrogen-bond acceptors (Lipinski definition) is 4. The molecule has 1 atom stereocenters. The molecule has 17 heavy (non-hydrogen) atoms. The first kappa shape index (κ1) is 12.4. The summed E-state index contributed by atoms with van der Waals surface area (Å²) in [5.41, 5.74) is 0.985. The fraction of sp³-hybridized carbons (Fsp3) is 0.769. The first-order valence-electron chi connectivity index (χ1n) is 6.67. The smallest absolute Gasteiger partial charge is 0.297 e. The van der Waals surface area contributed by atoms with Crippen molar-refractivity contribution in [1.82, 2.24) is 10.3 Å². The Labute approximate surface area is 103 Å². The topological polar surface area (TPSA) is 41.3 Å². The van der Waals surface area contributed by atoms with E-state index >= 15 is 0 Å². The molecule has 0 aromatic carbocycles. The van der Waals surface area contributed by atoms with Crippen molar-refractivity contribution in [3.63, 3.8) is 0 Å². The van der Waals surface area contributed by atoms with Crippen molar-refractivity contribution in [3.8, 4) is 0 Å². The predicted molar refractivity (Wildman–Crippen MR) is 69.1 cm³/mol. The molecule has 0 aliphatic carbocycles. The summed E-state index contributed by atoms with van der Waals surface area (Å²) in [6.45, 7) is 5.22. The lowest BCUT2D eigenvalue weighted by molar-refractivity contribution is 0.458. The van der Waals surface area contributed by atoms with Crippen LogP contribution in [0.4, 0.5) is 6.01 Å². The van der Waals surface area contributed by atoms with E-state index in [0.717, 1.165) is 37.3 Å². The van der Waals surface area contributed by atoms with Gasteiger partial charge in [-0.1, -0.05) is 13.3 Å². The van der Waals surface area contributed by atoms with Crippen LogP contribution in [0.15, 0.2) is 10.7 Å². The van der Waals surface area contributed by atoms with Gasteiger partial charge in [-0.25, -0.2) is 0 Å². The Morgan fingerprint density at radius 3 is 3.12 bits per heavy atom. The minimum Gasteiger partial charge on any atom is -0.432 e. The fourth-order valence-electron chi connectivity index (χ4n) is 2.47. The van der Waals surface area contributed by atoms with Crippen molar-refractivity contribution in [2.75, 3.05) is 25.0 Å². The van der Waals surface area contributed by atoms with E-state index in [4.69, 9.17) is 4.42 Å². The highest BCUT2D eigenvalue weighted by Gasteiger charge is 2.19. The third-order valence-corrected chi connectivity index (χ3v) is 3.59. The molecule has 1 N–H and O–H groups in total. The van der Waals surface area contributed by atoms with Gasteiger partial charge in [0.25, 0.3) is 6.01 Å². The van der Waals surface area contributed by atoms with Crippen LogP contribution >= 0.6 is 0 Å². The number of oxazole rings is 1. The van der Waals surface area contributed by atoms with Gasteiger partial charge in [0.05, 0.1) is 5.69 Å². The molecule has 0 spiro atoms. The van der Waals surface area contributed by atoms with Crippen LogP contribution in [-0.4, -0.2) is 25.1 Å². The van der Waals surface area contributed by atoms with Gasteiger partial charge in [0.2, 0.25) is 0 Å². The Kier molecular flexibility index (Phi) is 4.42. The van der Waals surface area contributed by atoms with Gasteiger partial charge in [-0.2, -0.15) is 4.98 Å². The summed E-state index contributed by atoms with van der Waals surface area (Å²) in [6.07, 6.45) is 6.91. The van der Waals surface area contributed by atoms with Gasteiger partial charge in [-0.05, 0) is 32.2 Å². The fourth-order valence-corrected chi connectivity index (χ4v) is 2.47. The summed E-state index contributed by atoms with van der Waals surface area (Å²) in [7, 11) is 1.92. The van der Waals surface area contributed by atoms with Crippen molar-refractivity contribution in [2.24, 2.45) is 5.92 Å². The monoisotopic (exact) mass is 237 g/mol. The highest BCUT2D eigenvalue weighted by molar-refractivity contribution is 5.27. The van der Waals surface area contributed by atoms with Crippen molar-refractivity contribution >= 4 is 6.01 Å². The number of nitrogens with one attached hydrogen (secondary N) is 1.